The highest BCUT2D eigenvalue weighted by Crippen LogP contribution is 2.39. The van der Waals surface area contributed by atoms with E-state index in [1.807, 2.05) is 12.1 Å². The molecule has 1 atom stereocenters. The van der Waals surface area contributed by atoms with E-state index in [0.29, 0.717) is 17.7 Å². The van der Waals surface area contributed by atoms with E-state index >= 15 is 0 Å². The average Bonchev–Trinajstić information content (AvgIpc) is 3.22. The topological polar surface area (TPSA) is 98.8 Å². The second-order valence-electron chi connectivity index (χ2n) is 8.79. The van der Waals surface area contributed by atoms with Gasteiger partial charge in [0.05, 0.1) is 11.1 Å². The molecule has 1 aromatic carbocycles. The van der Waals surface area contributed by atoms with Gasteiger partial charge in [-0.05, 0) is 63.4 Å². The minimum atomic E-state index is -0.925. The Morgan fingerprint density at radius 1 is 1.03 bits per heavy atom. The number of imide groups is 2. The third-order valence-electron chi connectivity index (χ3n) is 7.19. The SMILES string of the molecule is O=C1CCC(N2C(=O)c3cccc(CN4CCCC45CCNCC5)c3C2=O)C(=O)N1. The Kier molecular flexibility index (Phi) is 4.71. The van der Waals surface area contributed by atoms with Gasteiger partial charge in [0.25, 0.3) is 11.8 Å². The molecular weight excluding hydrogens is 384 g/mol. The van der Waals surface area contributed by atoms with Crippen LogP contribution in [0.2, 0.25) is 0 Å². The Labute approximate surface area is 175 Å². The predicted octanol–water partition coefficient (Wildman–Crippen LogP) is 0.806. The molecule has 1 unspecified atom stereocenters. The molecule has 4 amide bonds. The average molecular weight is 410 g/mol. The predicted molar refractivity (Wildman–Crippen MR) is 108 cm³/mol. The van der Waals surface area contributed by atoms with Crippen LogP contribution < -0.4 is 10.6 Å². The quantitative estimate of drug-likeness (QED) is 0.716. The molecule has 0 radical (unpaired) electrons. The molecule has 0 aliphatic carbocycles. The first-order valence-corrected chi connectivity index (χ1v) is 10.8. The van der Waals surface area contributed by atoms with E-state index in [-0.39, 0.29) is 24.3 Å². The van der Waals surface area contributed by atoms with Crippen molar-refractivity contribution >= 4 is 23.6 Å². The highest BCUT2D eigenvalue weighted by molar-refractivity contribution is 6.24. The molecule has 0 saturated carbocycles. The van der Waals surface area contributed by atoms with Crippen LogP contribution in [0, 0.1) is 0 Å². The molecule has 1 spiro atoms. The Morgan fingerprint density at radius 2 is 1.83 bits per heavy atom. The largest absolute Gasteiger partial charge is 0.317 e. The van der Waals surface area contributed by atoms with Gasteiger partial charge in [0, 0.05) is 18.5 Å². The van der Waals surface area contributed by atoms with Crippen LogP contribution in [-0.4, -0.2) is 64.6 Å². The Hall–Kier alpha value is -2.58. The third-order valence-corrected chi connectivity index (χ3v) is 7.19. The van der Waals surface area contributed by atoms with Crippen LogP contribution in [0.1, 0.15) is 64.8 Å². The minimum absolute atomic E-state index is 0.126. The van der Waals surface area contributed by atoms with Crippen molar-refractivity contribution in [1.29, 1.82) is 0 Å². The normalized spacial score (nSPS) is 26.4. The molecule has 158 valence electrons. The standard InChI is InChI=1S/C22H26N4O4/c27-17-6-5-16(19(28)24-17)26-20(29)15-4-1-3-14(18(15)21(26)30)13-25-12-2-7-22(25)8-10-23-11-9-22/h1,3-4,16,23H,2,5-13H2,(H,24,27,28). The number of likely N-dealkylation sites (tertiary alicyclic amines) is 1. The Bertz CT molecular complexity index is 937. The molecule has 0 bridgehead atoms. The van der Waals surface area contributed by atoms with E-state index in [4.69, 9.17) is 0 Å². The van der Waals surface area contributed by atoms with Crippen LogP contribution in [0.25, 0.3) is 0 Å². The lowest BCUT2D eigenvalue weighted by atomic mass is 9.85. The van der Waals surface area contributed by atoms with E-state index in [2.05, 4.69) is 15.5 Å². The van der Waals surface area contributed by atoms with Crippen molar-refractivity contribution < 1.29 is 19.2 Å². The zero-order valence-electron chi connectivity index (χ0n) is 16.9. The summed E-state index contributed by atoms with van der Waals surface area (Å²) in [6, 6.07) is 4.48. The molecule has 2 N–H and O–H groups in total. The molecule has 30 heavy (non-hydrogen) atoms. The molecule has 8 nitrogen and oxygen atoms in total. The lowest BCUT2D eigenvalue weighted by Gasteiger charge is -2.42. The number of fused-ring (bicyclic) bond motifs is 1. The second kappa shape index (κ2) is 7.28. The van der Waals surface area contributed by atoms with Gasteiger partial charge < -0.3 is 5.32 Å². The summed E-state index contributed by atoms with van der Waals surface area (Å²) in [7, 11) is 0. The lowest BCUT2D eigenvalue weighted by Crippen LogP contribution is -2.54. The molecule has 4 aliphatic rings. The van der Waals surface area contributed by atoms with Gasteiger partial charge in [0.15, 0.2) is 0 Å². The van der Waals surface area contributed by atoms with Gasteiger partial charge in [-0.25, -0.2) is 0 Å². The van der Waals surface area contributed by atoms with Crippen LogP contribution in [-0.2, 0) is 16.1 Å². The summed E-state index contributed by atoms with van der Waals surface area (Å²) in [4.78, 5) is 53.7. The molecule has 5 rings (SSSR count). The maximum absolute atomic E-state index is 13.3. The highest BCUT2D eigenvalue weighted by Gasteiger charge is 2.47. The van der Waals surface area contributed by atoms with Crippen molar-refractivity contribution in [2.45, 2.75) is 56.7 Å². The Balaban J connectivity index is 1.44. The number of piperidine rings is 2. The van der Waals surface area contributed by atoms with Crippen LogP contribution in [0.5, 0.6) is 0 Å². The van der Waals surface area contributed by atoms with Gasteiger partial charge in [-0.2, -0.15) is 0 Å². The van der Waals surface area contributed by atoms with Crippen molar-refractivity contribution in [1.82, 2.24) is 20.4 Å². The first kappa shape index (κ1) is 19.4. The first-order valence-electron chi connectivity index (χ1n) is 10.8. The van der Waals surface area contributed by atoms with Crippen molar-refractivity contribution in [3.8, 4) is 0 Å². The zero-order valence-corrected chi connectivity index (χ0v) is 16.9. The smallest absolute Gasteiger partial charge is 0.262 e. The summed E-state index contributed by atoms with van der Waals surface area (Å²) in [6.45, 7) is 3.63. The molecule has 0 aromatic heterocycles. The zero-order chi connectivity index (χ0) is 20.9. The number of hydrogen-bond donors (Lipinski definition) is 2. The van der Waals surface area contributed by atoms with E-state index < -0.39 is 23.8 Å². The number of hydrogen-bond acceptors (Lipinski definition) is 6. The molecule has 8 heteroatoms. The summed E-state index contributed by atoms with van der Waals surface area (Å²) in [5.74, 6) is -1.80. The fourth-order valence-corrected chi connectivity index (χ4v) is 5.62. The van der Waals surface area contributed by atoms with Crippen LogP contribution >= 0.6 is 0 Å². The van der Waals surface area contributed by atoms with Crippen LogP contribution in [0.3, 0.4) is 0 Å². The molecule has 3 fully saturated rings. The fraction of sp³-hybridized carbons (Fsp3) is 0.545. The van der Waals surface area contributed by atoms with Gasteiger partial charge in [0.1, 0.15) is 6.04 Å². The molecule has 4 heterocycles. The van der Waals surface area contributed by atoms with Crippen molar-refractivity contribution in [2.75, 3.05) is 19.6 Å². The second-order valence-corrected chi connectivity index (χ2v) is 8.79. The minimum Gasteiger partial charge on any atom is -0.317 e. The summed E-state index contributed by atoms with van der Waals surface area (Å²) in [6.07, 6.45) is 4.80. The highest BCUT2D eigenvalue weighted by atomic mass is 16.2. The van der Waals surface area contributed by atoms with Crippen LogP contribution in [0.4, 0.5) is 0 Å². The van der Waals surface area contributed by atoms with Crippen LogP contribution in [0.15, 0.2) is 18.2 Å². The monoisotopic (exact) mass is 410 g/mol. The summed E-state index contributed by atoms with van der Waals surface area (Å²) < 4.78 is 0. The number of carbonyl (C=O) groups is 4. The number of benzene rings is 1. The summed E-state index contributed by atoms with van der Waals surface area (Å²) in [5, 5.41) is 5.68. The number of amides is 4. The van der Waals surface area contributed by atoms with E-state index in [9.17, 15) is 19.2 Å². The number of rotatable bonds is 3. The van der Waals surface area contributed by atoms with Gasteiger partial charge in [0.2, 0.25) is 11.8 Å². The van der Waals surface area contributed by atoms with E-state index in [0.717, 1.165) is 49.4 Å². The maximum atomic E-state index is 13.3. The van der Waals surface area contributed by atoms with E-state index in [1.165, 1.54) is 6.42 Å². The maximum Gasteiger partial charge on any atom is 0.262 e. The molecule has 1 aromatic rings. The van der Waals surface area contributed by atoms with Crippen molar-refractivity contribution in [3.63, 3.8) is 0 Å². The molecular formula is C22H26N4O4. The van der Waals surface area contributed by atoms with Gasteiger partial charge in [-0.15, -0.1) is 0 Å². The van der Waals surface area contributed by atoms with Gasteiger partial charge in [-0.1, -0.05) is 12.1 Å². The molecule has 4 aliphatic heterocycles. The third kappa shape index (κ3) is 2.97. The first-order chi connectivity index (χ1) is 14.5. The number of nitrogens with one attached hydrogen (secondary N) is 2. The lowest BCUT2D eigenvalue weighted by molar-refractivity contribution is -0.136. The van der Waals surface area contributed by atoms with Gasteiger partial charge in [-0.3, -0.25) is 34.3 Å². The summed E-state index contributed by atoms with van der Waals surface area (Å²) in [5.41, 5.74) is 1.80. The van der Waals surface area contributed by atoms with Crippen molar-refractivity contribution in [3.05, 3.63) is 34.9 Å². The number of carbonyl (C=O) groups excluding carboxylic acids is 4. The van der Waals surface area contributed by atoms with E-state index in [1.54, 1.807) is 6.07 Å². The van der Waals surface area contributed by atoms with Gasteiger partial charge >= 0.3 is 0 Å². The fourth-order valence-electron chi connectivity index (χ4n) is 5.62. The van der Waals surface area contributed by atoms with Crippen molar-refractivity contribution in [2.24, 2.45) is 0 Å². The number of nitrogens with zero attached hydrogens (tertiary/aromatic N) is 2. The molecule has 3 saturated heterocycles. The summed E-state index contributed by atoms with van der Waals surface area (Å²) >= 11 is 0. The Morgan fingerprint density at radius 3 is 2.60 bits per heavy atom.